The summed E-state index contributed by atoms with van der Waals surface area (Å²) in [7, 11) is -4.26. The maximum absolute atomic E-state index is 11.0. The van der Waals surface area contributed by atoms with E-state index in [9.17, 15) is 4.57 Å². The van der Waals surface area contributed by atoms with Gasteiger partial charge in [-0.1, -0.05) is 0 Å². The van der Waals surface area contributed by atoms with Gasteiger partial charge in [-0.15, -0.1) is 0 Å². The number of hydrogen-bond donors (Lipinski definition) is 3. The van der Waals surface area contributed by atoms with E-state index in [4.69, 9.17) is 29.7 Å². The van der Waals surface area contributed by atoms with Gasteiger partial charge in [-0.05, 0) is 0 Å². The van der Waals surface area contributed by atoms with Crippen LogP contribution in [0.4, 0.5) is 5.82 Å². The van der Waals surface area contributed by atoms with Gasteiger partial charge in [0.05, 0.1) is 12.9 Å². The van der Waals surface area contributed by atoms with E-state index in [1.54, 1.807) is 4.57 Å². The van der Waals surface area contributed by atoms with E-state index in [1.165, 1.54) is 12.7 Å². The number of ether oxygens (including phenoxy) is 3. The van der Waals surface area contributed by atoms with Gasteiger partial charge in [0.2, 0.25) is 0 Å². The summed E-state index contributed by atoms with van der Waals surface area (Å²) in [6.07, 6.45) is 0.118. The first-order chi connectivity index (χ1) is 10.9. The summed E-state index contributed by atoms with van der Waals surface area (Å²) in [5.74, 6) is 0.257. The second-order valence-electron chi connectivity index (χ2n) is 5.37. The first kappa shape index (κ1) is 14.9. The van der Waals surface area contributed by atoms with Gasteiger partial charge in [0.1, 0.15) is 36.5 Å². The Morgan fingerprint density at radius 1 is 1.43 bits per heavy atom. The average molecular weight is 343 g/mol. The van der Waals surface area contributed by atoms with E-state index in [0.717, 1.165) is 0 Å². The Kier molecular flexibility index (Phi) is 3.38. The third-order valence-electron chi connectivity index (χ3n) is 3.83. The molecule has 0 aromatic carbocycles. The molecule has 0 saturated carbocycles. The molecule has 0 aliphatic carbocycles. The van der Waals surface area contributed by atoms with Crippen molar-refractivity contribution < 1.29 is 28.6 Å². The Morgan fingerprint density at radius 3 is 3.04 bits per heavy atom. The number of aromatic nitrogens is 4. The number of nitrogen functional groups attached to an aromatic ring is 1. The zero-order chi connectivity index (χ0) is 16.2. The maximum atomic E-state index is 11.0. The molecule has 124 valence electrons. The molecule has 4 heterocycles. The Balaban J connectivity index is 1.61. The number of imidazole rings is 1. The quantitative estimate of drug-likeness (QED) is 0.602. The van der Waals surface area contributed by atoms with Crippen LogP contribution in [0.25, 0.3) is 11.2 Å². The molecule has 0 radical (unpaired) electrons. The van der Waals surface area contributed by atoms with Crippen LogP contribution < -0.4 is 5.73 Å². The van der Waals surface area contributed by atoms with Crippen LogP contribution in [0.15, 0.2) is 12.7 Å². The van der Waals surface area contributed by atoms with Crippen LogP contribution in [0.3, 0.4) is 0 Å². The van der Waals surface area contributed by atoms with Gasteiger partial charge in [-0.3, -0.25) is 9.13 Å². The van der Waals surface area contributed by atoms with Gasteiger partial charge < -0.3 is 29.7 Å². The minimum atomic E-state index is -4.26. The second-order valence-corrected chi connectivity index (χ2v) is 6.96. The molecule has 0 amide bonds. The molecule has 4 N–H and O–H groups in total. The SMILES string of the molecule is Nc1ncnc2c1ncn2[C@@H]1O[C@H]2CO[C@@H]1[C@@H]2OCP(=O)(O)O. The molecule has 2 aromatic rings. The number of fused-ring (bicyclic) bond motifs is 3. The smallest absolute Gasteiger partial charge is 0.350 e. The first-order valence-electron chi connectivity index (χ1n) is 6.80. The molecule has 2 aromatic heterocycles. The number of hydrogen-bond acceptors (Lipinski definition) is 8. The van der Waals surface area contributed by atoms with Crippen LogP contribution in [0, 0.1) is 0 Å². The van der Waals surface area contributed by atoms with Crippen LogP contribution >= 0.6 is 7.60 Å². The third-order valence-corrected chi connectivity index (χ3v) is 4.32. The van der Waals surface area contributed by atoms with Crippen molar-refractivity contribution in [3.63, 3.8) is 0 Å². The van der Waals surface area contributed by atoms with Crippen molar-refractivity contribution in [2.75, 3.05) is 18.7 Å². The highest BCUT2D eigenvalue weighted by Crippen LogP contribution is 2.43. The molecule has 2 bridgehead atoms. The fourth-order valence-corrected chi connectivity index (χ4v) is 3.26. The van der Waals surface area contributed by atoms with Crippen molar-refractivity contribution in [3.05, 3.63) is 12.7 Å². The molecule has 11 nitrogen and oxygen atoms in total. The van der Waals surface area contributed by atoms with Crippen molar-refractivity contribution in [3.8, 4) is 0 Å². The molecule has 0 unspecified atom stereocenters. The lowest BCUT2D eigenvalue weighted by molar-refractivity contribution is -0.125. The van der Waals surface area contributed by atoms with E-state index in [-0.39, 0.29) is 5.82 Å². The number of anilines is 1. The van der Waals surface area contributed by atoms with Crippen LogP contribution in [-0.2, 0) is 18.8 Å². The topological polar surface area (TPSA) is 155 Å². The summed E-state index contributed by atoms with van der Waals surface area (Å²) in [5.41, 5.74) is 6.70. The molecule has 2 saturated heterocycles. The predicted molar refractivity (Wildman–Crippen MR) is 75.2 cm³/mol. The number of rotatable bonds is 4. The molecule has 2 aliphatic heterocycles. The van der Waals surface area contributed by atoms with E-state index in [1.807, 2.05) is 0 Å². The highest BCUT2D eigenvalue weighted by atomic mass is 31.2. The average Bonchev–Trinajstić information content (AvgIpc) is 3.16. The number of nitrogens with zero attached hydrogens (tertiary/aromatic N) is 4. The van der Waals surface area contributed by atoms with Crippen LogP contribution in [0.2, 0.25) is 0 Å². The molecule has 2 fully saturated rings. The van der Waals surface area contributed by atoms with E-state index in [0.29, 0.717) is 17.8 Å². The zero-order valence-electron chi connectivity index (χ0n) is 11.7. The molecular formula is C11H14N5O6P. The largest absolute Gasteiger partial charge is 0.382 e. The van der Waals surface area contributed by atoms with Gasteiger partial charge in [0.25, 0.3) is 0 Å². The Bertz CT molecular complexity index is 792. The molecule has 23 heavy (non-hydrogen) atoms. The molecule has 0 spiro atoms. The van der Waals surface area contributed by atoms with Crippen molar-refractivity contribution in [1.29, 1.82) is 0 Å². The molecule has 4 rings (SSSR count). The molecule has 4 atom stereocenters. The standard InChI is InChI=1S/C11H14N5O6P/c12-9-6-10(14-2-13-9)16(3-15-6)11-8-7(5(22-11)1-20-8)21-4-23(17,18)19/h2-3,5,7-8,11H,1,4H2,(H2,12,13,14)(H2,17,18,19)/t5-,7+,8+,11+/m0/s1. The van der Waals surface area contributed by atoms with Gasteiger partial charge in [-0.2, -0.15) is 0 Å². The third kappa shape index (κ3) is 2.51. The summed E-state index contributed by atoms with van der Waals surface area (Å²) in [4.78, 5) is 30.1. The van der Waals surface area contributed by atoms with E-state index in [2.05, 4.69) is 15.0 Å². The van der Waals surface area contributed by atoms with Crippen LogP contribution in [-0.4, -0.2) is 60.6 Å². The minimum Gasteiger partial charge on any atom is -0.382 e. The van der Waals surface area contributed by atoms with Gasteiger partial charge >= 0.3 is 7.60 Å². The normalized spacial score (nSPS) is 30.3. The van der Waals surface area contributed by atoms with Crippen LogP contribution in [0.5, 0.6) is 0 Å². The summed E-state index contributed by atoms with van der Waals surface area (Å²) < 4.78 is 29.4. The van der Waals surface area contributed by atoms with E-state index >= 15 is 0 Å². The summed E-state index contributed by atoms with van der Waals surface area (Å²) in [6.45, 7) is 0.302. The van der Waals surface area contributed by atoms with Gasteiger partial charge in [0.15, 0.2) is 17.7 Å². The van der Waals surface area contributed by atoms with E-state index < -0.39 is 38.5 Å². The Labute approximate surface area is 129 Å². The second kappa shape index (κ2) is 5.20. The summed E-state index contributed by atoms with van der Waals surface area (Å²) in [6, 6.07) is 0. The fourth-order valence-electron chi connectivity index (χ4n) is 2.89. The lowest BCUT2D eigenvalue weighted by Crippen LogP contribution is -2.29. The van der Waals surface area contributed by atoms with Gasteiger partial charge in [-0.25, -0.2) is 15.0 Å². The molecule has 12 heteroatoms. The van der Waals surface area contributed by atoms with Gasteiger partial charge in [0, 0.05) is 0 Å². The Morgan fingerprint density at radius 2 is 2.26 bits per heavy atom. The monoisotopic (exact) mass is 343 g/mol. The highest BCUT2D eigenvalue weighted by Gasteiger charge is 2.53. The van der Waals surface area contributed by atoms with Crippen molar-refractivity contribution in [1.82, 2.24) is 19.5 Å². The van der Waals surface area contributed by atoms with Crippen molar-refractivity contribution >= 4 is 24.6 Å². The summed E-state index contributed by atoms with van der Waals surface area (Å²) in [5, 5.41) is 0. The zero-order valence-corrected chi connectivity index (χ0v) is 12.6. The Hall–Kier alpha value is -1.62. The number of nitrogens with two attached hydrogens (primary N) is 1. The van der Waals surface area contributed by atoms with Crippen LogP contribution in [0.1, 0.15) is 6.23 Å². The van der Waals surface area contributed by atoms with Crippen molar-refractivity contribution in [2.24, 2.45) is 0 Å². The predicted octanol–water partition coefficient (Wildman–Crippen LogP) is -0.775. The molecular weight excluding hydrogens is 329 g/mol. The lowest BCUT2D eigenvalue weighted by atomic mass is 10.2. The van der Waals surface area contributed by atoms with Crippen molar-refractivity contribution in [2.45, 2.75) is 24.5 Å². The minimum absolute atomic E-state index is 0.257. The lowest BCUT2D eigenvalue weighted by Gasteiger charge is -2.23. The fraction of sp³-hybridized carbons (Fsp3) is 0.545. The maximum Gasteiger partial charge on any atom is 0.350 e. The molecule has 2 aliphatic rings. The summed E-state index contributed by atoms with van der Waals surface area (Å²) >= 11 is 0. The highest BCUT2D eigenvalue weighted by molar-refractivity contribution is 7.51. The first-order valence-corrected chi connectivity index (χ1v) is 8.60.